The van der Waals surface area contributed by atoms with Crippen LogP contribution in [0.3, 0.4) is 0 Å². The van der Waals surface area contributed by atoms with Gasteiger partial charge in [0.25, 0.3) is 0 Å². The summed E-state index contributed by atoms with van der Waals surface area (Å²) in [5.41, 5.74) is 3.95. The van der Waals surface area contributed by atoms with Crippen LogP contribution in [-0.4, -0.2) is 199 Å². The summed E-state index contributed by atoms with van der Waals surface area (Å²) in [5.74, 6) is 1.87. The van der Waals surface area contributed by atoms with Gasteiger partial charge in [0.05, 0.1) is 113 Å². The molecule has 11 heterocycles. The zero-order valence-corrected chi connectivity index (χ0v) is 43.5. The summed E-state index contributed by atoms with van der Waals surface area (Å²) in [6, 6.07) is 19.5. The number of anilines is 8. The molecule has 12 unspecified atom stereocenters. The molecule has 5 aromatic rings. The molecule has 1 N–H and O–H groups in total. The number of rotatable bonds is 11. The van der Waals surface area contributed by atoms with Gasteiger partial charge in [-0.05, 0) is 85.6 Å². The van der Waals surface area contributed by atoms with E-state index in [1.807, 2.05) is 92.4 Å². The average molecular weight is 1090 g/mol. The number of hydrogen-bond donors (Lipinski definition) is 1. The fourth-order valence-corrected chi connectivity index (χ4v) is 13.8. The molecule has 2 amide bonds. The summed E-state index contributed by atoms with van der Waals surface area (Å²) in [6.07, 6.45) is -0.770. The number of morpholine rings is 4. The first-order valence-corrected chi connectivity index (χ1v) is 28.1. The van der Waals surface area contributed by atoms with E-state index in [1.165, 1.54) is 12.8 Å². The second-order valence-electron chi connectivity index (χ2n) is 22.8. The largest absolute Gasteiger partial charge is 0.377 e. The van der Waals surface area contributed by atoms with Crippen molar-refractivity contribution in [3.8, 4) is 22.8 Å². The molecular weight excluding hydrogens is 1020 g/mol. The van der Waals surface area contributed by atoms with Crippen molar-refractivity contribution in [2.45, 2.75) is 118 Å². The molecule has 19 nitrogen and oxygen atoms in total. The van der Waals surface area contributed by atoms with E-state index in [1.54, 1.807) is 4.90 Å². The van der Waals surface area contributed by atoms with Crippen molar-refractivity contribution >= 4 is 52.6 Å². The number of halogens is 4. The number of nitrogens with one attached hydrogen (secondary N) is 1. The Morgan fingerprint density at radius 1 is 0.456 bits per heavy atom. The summed E-state index contributed by atoms with van der Waals surface area (Å²) in [4.78, 5) is 58.8. The molecule has 79 heavy (non-hydrogen) atoms. The maximum atomic E-state index is 15.5. The lowest BCUT2D eigenvalue weighted by atomic mass is 10.1. The minimum Gasteiger partial charge on any atom is -0.377 e. The molecule has 23 heteroatoms. The molecule has 10 fully saturated rings. The normalized spacial score (nSPS) is 32.0. The van der Waals surface area contributed by atoms with Gasteiger partial charge < -0.3 is 48.8 Å². The number of ether oxygens (including phenoxy) is 4. The maximum absolute atomic E-state index is 15.5. The number of carbonyl (C=O) groups is 1. The Kier molecular flexibility index (Phi) is 12.5. The van der Waals surface area contributed by atoms with Crippen molar-refractivity contribution in [3.63, 3.8) is 0 Å². The van der Waals surface area contributed by atoms with Crippen molar-refractivity contribution < 1.29 is 41.3 Å². The monoisotopic (exact) mass is 1090 g/mol. The number of hydrogen-bond acceptors (Lipinski definition) is 17. The van der Waals surface area contributed by atoms with Crippen LogP contribution in [0.2, 0.25) is 0 Å². The van der Waals surface area contributed by atoms with Crippen molar-refractivity contribution in [1.82, 2.24) is 34.8 Å². The van der Waals surface area contributed by atoms with E-state index >= 15 is 17.6 Å². The Morgan fingerprint density at radius 3 is 1.16 bits per heavy atom. The Morgan fingerprint density at radius 2 is 0.823 bits per heavy atom. The number of aromatic nitrogens is 6. The number of piperazine rings is 1. The van der Waals surface area contributed by atoms with E-state index in [2.05, 4.69) is 15.1 Å². The highest BCUT2D eigenvalue weighted by Gasteiger charge is 2.51. The van der Waals surface area contributed by atoms with E-state index in [9.17, 15) is 4.79 Å². The predicted molar refractivity (Wildman–Crippen MR) is 286 cm³/mol. The lowest BCUT2D eigenvalue weighted by Crippen LogP contribution is -2.50. The average Bonchev–Trinajstić information content (AvgIpc) is 4.37. The molecule has 15 rings (SSSR count). The van der Waals surface area contributed by atoms with E-state index < -0.39 is 54.9 Å². The van der Waals surface area contributed by atoms with Crippen LogP contribution in [0.5, 0.6) is 0 Å². The lowest BCUT2D eigenvalue weighted by Gasteiger charge is -2.37. The van der Waals surface area contributed by atoms with Crippen LogP contribution in [0.4, 0.5) is 68.9 Å². The zero-order chi connectivity index (χ0) is 53.0. The van der Waals surface area contributed by atoms with Gasteiger partial charge in [-0.2, -0.15) is 29.9 Å². The summed E-state index contributed by atoms with van der Waals surface area (Å²) >= 11 is 0. The van der Waals surface area contributed by atoms with Gasteiger partial charge in [0.1, 0.15) is 24.7 Å². The minimum absolute atomic E-state index is 0.197. The number of benzene rings is 3. The number of amides is 2. The van der Waals surface area contributed by atoms with Gasteiger partial charge >= 0.3 is 6.03 Å². The Labute approximate surface area is 454 Å². The number of carbonyl (C=O) groups excluding carboxylic acids is 1. The molecule has 10 aliphatic rings. The van der Waals surface area contributed by atoms with Crippen molar-refractivity contribution in [3.05, 3.63) is 72.8 Å². The summed E-state index contributed by atoms with van der Waals surface area (Å²) in [6.45, 7) is 6.09. The third kappa shape index (κ3) is 8.94. The van der Waals surface area contributed by atoms with Gasteiger partial charge in [-0.1, -0.05) is 0 Å². The molecule has 414 valence electrons. The number of urea groups is 1. The fraction of sp³-hybridized carbons (Fsp3) is 0.554. The molecule has 1 aliphatic carbocycles. The number of nitrogens with zero attached hydrogens (tertiary/aromatic N) is 13. The molecule has 12 atom stereocenters. The van der Waals surface area contributed by atoms with Crippen LogP contribution >= 0.6 is 0 Å². The molecule has 0 radical (unpaired) electrons. The van der Waals surface area contributed by atoms with Crippen molar-refractivity contribution in [1.29, 1.82) is 0 Å². The first-order chi connectivity index (χ1) is 38.6. The smallest absolute Gasteiger partial charge is 0.330 e. The highest BCUT2D eigenvalue weighted by atomic mass is 19.1. The van der Waals surface area contributed by atoms with Crippen molar-refractivity contribution in [2.24, 2.45) is 0 Å². The first kappa shape index (κ1) is 49.5. The quantitative estimate of drug-likeness (QED) is 0.146. The predicted octanol–water partition coefficient (Wildman–Crippen LogP) is 6.31. The number of alkyl halides is 4. The number of fused-ring (bicyclic) bond motifs is 8. The van der Waals surface area contributed by atoms with Crippen LogP contribution in [0.15, 0.2) is 72.8 Å². The summed E-state index contributed by atoms with van der Waals surface area (Å²) in [5, 5.41) is 3.15. The van der Waals surface area contributed by atoms with Crippen LogP contribution in [-0.2, 0) is 18.9 Å². The molecule has 0 spiro atoms. The van der Waals surface area contributed by atoms with E-state index in [4.69, 9.17) is 48.9 Å². The zero-order valence-electron chi connectivity index (χ0n) is 43.5. The summed E-state index contributed by atoms with van der Waals surface area (Å²) < 4.78 is 85.0. The first-order valence-electron chi connectivity index (χ1n) is 28.1. The van der Waals surface area contributed by atoms with E-state index in [-0.39, 0.29) is 76.3 Å². The molecule has 8 bridgehead atoms. The Balaban J connectivity index is 0.770. The van der Waals surface area contributed by atoms with Crippen LogP contribution < -0.4 is 34.7 Å². The minimum atomic E-state index is -1.12. The maximum Gasteiger partial charge on any atom is 0.330 e. The van der Waals surface area contributed by atoms with Gasteiger partial charge in [0.2, 0.25) is 23.8 Å². The SMILES string of the molecule is O=C(Nc1ccc(N2CCN(C3CC3)CC2)cc1)N(c1ccc(-c2nc(N3C4COCC3C(F)C4)nc(N3C4COCC3C(F)C4)n2)cc1)c1ccc(-c2nc(N3C4COCC3C(F)C4)nc(N3C4COCC3C(F)C4)n2)cc1. The molecule has 3 aromatic carbocycles. The molecule has 1 saturated carbocycles. The molecule has 2 aromatic heterocycles. The molecule has 9 saturated heterocycles. The van der Waals surface area contributed by atoms with Gasteiger partial charge in [-0.3, -0.25) is 9.80 Å². The fourth-order valence-electron chi connectivity index (χ4n) is 13.8. The highest BCUT2D eigenvalue weighted by Crippen LogP contribution is 2.42. The Bertz CT molecular complexity index is 2810. The third-order valence-electron chi connectivity index (χ3n) is 18.0. The van der Waals surface area contributed by atoms with Gasteiger partial charge in [0.15, 0.2) is 11.6 Å². The highest BCUT2D eigenvalue weighted by molar-refractivity contribution is 6.07. The molecular formula is C56H62F4N14O5. The lowest BCUT2D eigenvalue weighted by molar-refractivity contribution is 0.0808. The molecule has 9 aliphatic heterocycles. The van der Waals surface area contributed by atoms with E-state index in [0.29, 0.717) is 90.1 Å². The summed E-state index contributed by atoms with van der Waals surface area (Å²) in [7, 11) is 0. The third-order valence-corrected chi connectivity index (χ3v) is 18.0. The standard InChI is InChI=1S/C56H62F4N14O5/c57-42-19-38-23-76-27-46(42)71(38)52-62-50(63-53(66-52)72-39-20-43(58)47(72)28-77-24-39)31-1-7-36(8-2-31)70(56(75)61-33-5-11-34(12-6-33)68-15-17-69(18-16-68)35-13-14-35)37-9-3-32(4-10-37)51-64-54(73-40-21-44(59)48(73)29-78-25-40)67-55(65-51)74-41-22-45(60)49(74)30-79-26-41/h1-12,35,38-49H,13-30H2,(H,61,75). The van der Waals surface area contributed by atoms with Gasteiger partial charge in [-0.25, -0.2) is 22.4 Å². The van der Waals surface area contributed by atoms with Gasteiger partial charge in [0, 0.05) is 80.4 Å². The van der Waals surface area contributed by atoms with Crippen molar-refractivity contribution in [2.75, 3.05) is 114 Å². The second-order valence-corrected chi connectivity index (χ2v) is 22.8. The Hall–Kier alpha value is -6.53. The van der Waals surface area contributed by atoms with E-state index in [0.717, 1.165) is 37.9 Å². The van der Waals surface area contributed by atoms with Gasteiger partial charge in [-0.15, -0.1) is 0 Å². The van der Waals surface area contributed by atoms with Crippen LogP contribution in [0.1, 0.15) is 38.5 Å². The van der Waals surface area contributed by atoms with Crippen LogP contribution in [0.25, 0.3) is 22.8 Å². The van der Waals surface area contributed by atoms with Crippen LogP contribution in [0, 0.1) is 0 Å². The topological polar surface area (TPSA) is 166 Å². The second kappa shape index (κ2) is 19.9.